The second-order valence-corrected chi connectivity index (χ2v) is 7.10. The maximum Gasteiger partial charge on any atom is 0.286 e. The van der Waals surface area contributed by atoms with E-state index in [1.54, 1.807) is 24.3 Å². The van der Waals surface area contributed by atoms with Crippen molar-refractivity contribution in [3.8, 4) is 0 Å². The first-order valence-electron chi connectivity index (χ1n) is 6.89. The summed E-state index contributed by atoms with van der Waals surface area (Å²) in [5.41, 5.74) is 0.993. The summed E-state index contributed by atoms with van der Waals surface area (Å²) in [6.45, 7) is 3.63. The predicted molar refractivity (Wildman–Crippen MR) is 76.0 cm³/mol. The molecule has 8 nitrogen and oxygen atoms in total. The molecule has 0 atom stereocenters. The number of benzene rings is 1. The molecule has 1 fully saturated rings. The van der Waals surface area contributed by atoms with Crippen molar-refractivity contribution in [1.82, 2.24) is 9.58 Å². The lowest BCUT2D eigenvalue weighted by Gasteiger charge is -2.34. The van der Waals surface area contributed by atoms with Crippen molar-refractivity contribution >= 4 is 10.0 Å². The molecule has 1 aromatic heterocycles. The van der Waals surface area contributed by atoms with Gasteiger partial charge in [-0.05, 0) is 24.3 Å². The first-order valence-corrected chi connectivity index (χ1v) is 8.33. The van der Waals surface area contributed by atoms with Gasteiger partial charge >= 0.3 is 0 Å². The Morgan fingerprint density at radius 2 is 1.82 bits per heavy atom. The minimum absolute atomic E-state index is 0.0327. The normalized spacial score (nSPS) is 16.9. The molecule has 1 saturated heterocycles. The van der Waals surface area contributed by atoms with Crippen molar-refractivity contribution in [2.75, 3.05) is 31.2 Å². The van der Waals surface area contributed by atoms with Gasteiger partial charge in [0.1, 0.15) is 0 Å². The van der Waals surface area contributed by atoms with Crippen LogP contribution in [0.4, 0.5) is 0 Å². The van der Waals surface area contributed by atoms with Gasteiger partial charge in [-0.15, -0.1) is 0 Å². The van der Waals surface area contributed by atoms with E-state index in [2.05, 4.69) is 5.27 Å². The average Bonchev–Trinajstić information content (AvgIpc) is 2.94. The number of aromatic nitrogens is 2. The number of hydrogen-bond acceptors (Lipinski definition) is 5. The van der Waals surface area contributed by atoms with Crippen molar-refractivity contribution < 1.29 is 17.7 Å². The van der Waals surface area contributed by atoms with Gasteiger partial charge < -0.3 is 4.52 Å². The van der Waals surface area contributed by atoms with Crippen molar-refractivity contribution in [3.63, 3.8) is 0 Å². The molecular weight excluding hydrogens is 306 g/mol. The Kier molecular flexibility index (Phi) is 3.75. The third-order valence-corrected chi connectivity index (χ3v) is 5.53. The molecule has 0 radical (unpaired) electrons. The van der Waals surface area contributed by atoms with Crippen LogP contribution in [0.2, 0.25) is 0 Å². The van der Waals surface area contributed by atoms with Gasteiger partial charge in [-0.25, -0.2) is 8.42 Å². The molecule has 118 valence electrons. The summed E-state index contributed by atoms with van der Waals surface area (Å²) in [6.07, 6.45) is 1.45. The Labute approximate surface area is 128 Å². The van der Waals surface area contributed by atoms with Gasteiger partial charge in [0.25, 0.3) is 11.8 Å². The second kappa shape index (κ2) is 5.58. The number of nitrogens with one attached hydrogen (secondary N) is 1. The van der Waals surface area contributed by atoms with Gasteiger partial charge in [0.15, 0.2) is 0 Å². The van der Waals surface area contributed by atoms with Gasteiger partial charge in [-0.1, -0.05) is 22.5 Å². The molecule has 1 aromatic carbocycles. The highest BCUT2D eigenvalue weighted by Gasteiger charge is 2.28. The summed E-state index contributed by atoms with van der Waals surface area (Å²) in [4.78, 5) is 1.76. The minimum atomic E-state index is -3.46. The molecular formula is C13H17N5O3S. The largest absolute Gasteiger partial charge is 0.380 e. The molecule has 0 amide bonds. The third-order valence-electron chi connectivity index (χ3n) is 3.62. The third kappa shape index (κ3) is 2.77. The Hall–Kier alpha value is -2.13. The highest BCUT2D eigenvalue weighted by atomic mass is 32.2. The van der Waals surface area contributed by atoms with Crippen LogP contribution >= 0.6 is 0 Å². The van der Waals surface area contributed by atoms with Crippen LogP contribution in [0.15, 0.2) is 39.9 Å². The number of nitrogens with zero attached hydrogens (tertiary/aromatic N) is 4. The molecule has 0 aliphatic carbocycles. The zero-order valence-corrected chi connectivity index (χ0v) is 13.0. The summed E-state index contributed by atoms with van der Waals surface area (Å²) >= 11 is 0. The molecule has 0 unspecified atom stereocenters. The number of hydrogen-bond donors (Lipinski definition) is 1. The molecule has 2 aromatic rings. The van der Waals surface area contributed by atoms with E-state index in [-0.39, 0.29) is 5.55 Å². The van der Waals surface area contributed by atoms with Crippen LogP contribution in [0.3, 0.4) is 0 Å². The molecule has 9 heteroatoms. The first kappa shape index (κ1) is 14.8. The lowest BCUT2D eigenvalue weighted by atomic mass is 10.2. The monoisotopic (exact) mass is 323 g/mol. The van der Waals surface area contributed by atoms with Gasteiger partial charge in [0, 0.05) is 26.2 Å². The maximum absolute atomic E-state index is 12.6. The lowest BCUT2D eigenvalue weighted by Crippen LogP contribution is -2.66. The van der Waals surface area contributed by atoms with Crippen LogP contribution in [0.5, 0.6) is 0 Å². The molecule has 1 aliphatic heterocycles. The highest BCUT2D eigenvalue weighted by molar-refractivity contribution is 7.89. The van der Waals surface area contributed by atoms with Gasteiger partial charge in [-0.3, -0.25) is 10.4 Å². The van der Waals surface area contributed by atoms with E-state index < -0.39 is 10.0 Å². The van der Waals surface area contributed by atoms with E-state index >= 15 is 0 Å². The average molecular weight is 323 g/mol. The Morgan fingerprint density at radius 3 is 2.36 bits per heavy atom. The zero-order valence-electron chi connectivity index (χ0n) is 12.1. The van der Waals surface area contributed by atoms with Gasteiger partial charge in [0.05, 0.1) is 4.90 Å². The van der Waals surface area contributed by atoms with Crippen molar-refractivity contribution in [1.29, 1.82) is 5.41 Å². The number of sulfonamides is 1. The van der Waals surface area contributed by atoms with E-state index in [0.29, 0.717) is 31.1 Å². The van der Waals surface area contributed by atoms with Gasteiger partial charge in [-0.2, -0.15) is 4.31 Å². The first-order chi connectivity index (χ1) is 10.5. The molecule has 2 heterocycles. The Bertz CT molecular complexity index is 801. The summed E-state index contributed by atoms with van der Waals surface area (Å²) in [5, 5.41) is 12.9. The van der Waals surface area contributed by atoms with Crippen molar-refractivity contribution in [3.05, 3.63) is 41.6 Å². The number of aryl methyl sites for hydroxylation is 1. The summed E-state index contributed by atoms with van der Waals surface area (Å²) < 4.78 is 31.3. The van der Waals surface area contributed by atoms with Crippen LogP contribution in [0.25, 0.3) is 0 Å². The summed E-state index contributed by atoms with van der Waals surface area (Å²) in [5.74, 6) is 0. The molecule has 0 spiro atoms. The molecule has 22 heavy (non-hydrogen) atoms. The Balaban J connectivity index is 1.73. The number of rotatable bonds is 3. The fraction of sp³-hybridized carbons (Fsp3) is 0.385. The summed E-state index contributed by atoms with van der Waals surface area (Å²) in [7, 11) is -3.46. The van der Waals surface area contributed by atoms with Crippen molar-refractivity contribution in [2.24, 2.45) is 0 Å². The smallest absolute Gasteiger partial charge is 0.286 e. The topological polar surface area (TPSA) is 95.6 Å². The quantitative estimate of drug-likeness (QED) is 0.728. The molecule has 3 rings (SSSR count). The maximum atomic E-state index is 12.6. The second-order valence-electron chi connectivity index (χ2n) is 5.16. The summed E-state index contributed by atoms with van der Waals surface area (Å²) in [6, 6.07) is 6.86. The van der Waals surface area contributed by atoms with E-state index in [9.17, 15) is 8.42 Å². The SMILES string of the molecule is Cc1ccc(S(=O)(=O)N2CCN([n+]3cc(=N)o[n-]3)CC2)cc1. The van der Waals surface area contributed by atoms with E-state index in [1.807, 2.05) is 11.9 Å². The van der Waals surface area contributed by atoms with E-state index in [1.165, 1.54) is 15.3 Å². The minimum Gasteiger partial charge on any atom is -0.380 e. The molecule has 0 saturated carbocycles. The van der Waals surface area contributed by atoms with Crippen LogP contribution in [-0.4, -0.2) is 38.9 Å². The highest BCUT2D eigenvalue weighted by Crippen LogP contribution is 2.17. The number of piperazine rings is 1. The van der Waals surface area contributed by atoms with Crippen LogP contribution < -0.4 is 20.6 Å². The zero-order chi connectivity index (χ0) is 15.7. The fourth-order valence-electron chi connectivity index (χ4n) is 2.35. The molecule has 1 N–H and O–H groups in total. The van der Waals surface area contributed by atoms with Crippen LogP contribution in [0.1, 0.15) is 5.56 Å². The standard InChI is InChI=1S/C13H17N5O3S/c1-11-2-4-12(5-3-11)22(19,20)17-8-6-16(7-9-17)18-10-13(14)21-15-18/h2-5,10,14H,6-9H2,1H3. The van der Waals surface area contributed by atoms with Crippen LogP contribution in [0, 0.1) is 12.3 Å². The van der Waals surface area contributed by atoms with Crippen molar-refractivity contribution in [2.45, 2.75) is 11.8 Å². The molecule has 0 bridgehead atoms. The van der Waals surface area contributed by atoms with Gasteiger partial charge in [0.2, 0.25) is 10.0 Å². The fourth-order valence-corrected chi connectivity index (χ4v) is 3.78. The molecule has 1 aliphatic rings. The van der Waals surface area contributed by atoms with E-state index in [0.717, 1.165) is 5.56 Å². The lowest BCUT2D eigenvalue weighted by molar-refractivity contribution is -0.764. The van der Waals surface area contributed by atoms with E-state index in [4.69, 9.17) is 9.93 Å². The predicted octanol–water partition coefficient (Wildman–Crippen LogP) is -1.05. The van der Waals surface area contributed by atoms with Crippen LogP contribution in [-0.2, 0) is 10.0 Å². The Morgan fingerprint density at radius 1 is 1.18 bits per heavy atom.